The minimum absolute atomic E-state index is 0.0451. The van der Waals surface area contributed by atoms with Crippen LogP contribution < -0.4 is 15.8 Å². The van der Waals surface area contributed by atoms with E-state index in [1.807, 2.05) is 0 Å². The number of nitrogens with zero attached hydrogens (tertiary/aromatic N) is 2. The van der Waals surface area contributed by atoms with Gasteiger partial charge in [0.05, 0.1) is 7.11 Å². The highest BCUT2D eigenvalue weighted by Crippen LogP contribution is 2.26. The average molecular weight is 250 g/mol. The molecule has 96 valence electrons. The van der Waals surface area contributed by atoms with Crippen molar-refractivity contribution in [1.82, 2.24) is 9.97 Å². The number of methoxy groups -OCH3 is 1. The molecule has 0 radical (unpaired) electrons. The predicted molar refractivity (Wildman–Crippen MR) is 56.8 cm³/mol. The maximum Gasteiger partial charge on any atom is 0.389 e. The molecule has 1 heterocycles. The molecule has 0 atom stereocenters. The van der Waals surface area contributed by atoms with E-state index in [0.717, 1.165) is 0 Å². The van der Waals surface area contributed by atoms with Gasteiger partial charge in [0.25, 0.3) is 0 Å². The summed E-state index contributed by atoms with van der Waals surface area (Å²) in [4.78, 5) is 7.54. The van der Waals surface area contributed by atoms with Crippen molar-refractivity contribution in [3.63, 3.8) is 0 Å². The Morgan fingerprint density at radius 2 is 2.12 bits per heavy atom. The number of hydrogen-bond donors (Lipinski definition) is 2. The van der Waals surface area contributed by atoms with Gasteiger partial charge in [-0.3, -0.25) is 0 Å². The van der Waals surface area contributed by atoms with Crippen LogP contribution >= 0.6 is 0 Å². The Bertz CT molecular complexity index is 370. The lowest BCUT2D eigenvalue weighted by molar-refractivity contribution is -0.134. The Labute approximate surface area is 96.2 Å². The Morgan fingerprint density at radius 1 is 1.41 bits per heavy atom. The fraction of sp³-hybridized carbons (Fsp3) is 0.556. The molecule has 0 unspecified atom stereocenters. The van der Waals surface area contributed by atoms with E-state index in [0.29, 0.717) is 5.82 Å². The molecule has 0 bridgehead atoms. The molecule has 0 saturated heterocycles. The number of ether oxygens (including phenoxy) is 1. The molecule has 0 saturated carbocycles. The normalized spacial score (nSPS) is 11.3. The van der Waals surface area contributed by atoms with Gasteiger partial charge in [-0.2, -0.15) is 13.2 Å². The third-order valence-electron chi connectivity index (χ3n) is 1.96. The summed E-state index contributed by atoms with van der Waals surface area (Å²) in [7, 11) is 1.38. The third kappa shape index (κ3) is 4.33. The molecule has 0 fully saturated rings. The van der Waals surface area contributed by atoms with Crippen molar-refractivity contribution < 1.29 is 17.9 Å². The second-order valence-corrected chi connectivity index (χ2v) is 3.29. The van der Waals surface area contributed by atoms with Gasteiger partial charge in [-0.25, -0.2) is 9.97 Å². The number of halogens is 3. The first-order chi connectivity index (χ1) is 7.94. The van der Waals surface area contributed by atoms with E-state index in [-0.39, 0.29) is 24.5 Å². The maximum absolute atomic E-state index is 11.9. The molecule has 0 aliphatic heterocycles. The van der Waals surface area contributed by atoms with Crippen LogP contribution in [-0.2, 0) is 0 Å². The van der Waals surface area contributed by atoms with Gasteiger partial charge in [0, 0.05) is 13.0 Å². The molecule has 0 spiro atoms. The summed E-state index contributed by atoms with van der Waals surface area (Å²) in [5, 5.41) is 2.72. The topological polar surface area (TPSA) is 73.1 Å². The third-order valence-corrected chi connectivity index (χ3v) is 1.96. The lowest BCUT2D eigenvalue weighted by atomic mass is 10.3. The highest BCUT2D eigenvalue weighted by atomic mass is 19.4. The van der Waals surface area contributed by atoms with E-state index < -0.39 is 12.6 Å². The summed E-state index contributed by atoms with van der Waals surface area (Å²) in [6.45, 7) is 0.131. The van der Waals surface area contributed by atoms with Crippen molar-refractivity contribution in [3.05, 3.63) is 6.33 Å². The minimum Gasteiger partial charge on any atom is -0.490 e. The van der Waals surface area contributed by atoms with Gasteiger partial charge in [0.1, 0.15) is 6.33 Å². The molecule has 0 amide bonds. The fourth-order valence-corrected chi connectivity index (χ4v) is 1.21. The van der Waals surface area contributed by atoms with Crippen molar-refractivity contribution in [2.24, 2.45) is 0 Å². The zero-order chi connectivity index (χ0) is 12.9. The Morgan fingerprint density at radius 3 is 2.71 bits per heavy atom. The second-order valence-electron chi connectivity index (χ2n) is 3.29. The highest BCUT2D eigenvalue weighted by Gasteiger charge is 2.25. The molecule has 1 aromatic rings. The largest absolute Gasteiger partial charge is 0.490 e. The zero-order valence-electron chi connectivity index (χ0n) is 9.21. The molecule has 1 aromatic heterocycles. The van der Waals surface area contributed by atoms with Crippen LogP contribution in [0, 0.1) is 0 Å². The van der Waals surface area contributed by atoms with Crippen LogP contribution in [0.15, 0.2) is 6.33 Å². The van der Waals surface area contributed by atoms with Crippen LogP contribution in [0.2, 0.25) is 0 Å². The number of hydrogen-bond acceptors (Lipinski definition) is 5. The second kappa shape index (κ2) is 5.55. The van der Waals surface area contributed by atoms with Crippen LogP contribution in [0.1, 0.15) is 12.8 Å². The highest BCUT2D eigenvalue weighted by molar-refractivity contribution is 5.61. The minimum atomic E-state index is -4.14. The van der Waals surface area contributed by atoms with Gasteiger partial charge in [-0.05, 0) is 6.42 Å². The monoisotopic (exact) mass is 250 g/mol. The van der Waals surface area contributed by atoms with Gasteiger partial charge < -0.3 is 15.8 Å². The Balaban J connectivity index is 2.49. The van der Waals surface area contributed by atoms with Crippen molar-refractivity contribution in [3.8, 4) is 5.75 Å². The van der Waals surface area contributed by atoms with Crippen LogP contribution in [-0.4, -0.2) is 29.8 Å². The lowest BCUT2D eigenvalue weighted by Crippen LogP contribution is -2.12. The quantitative estimate of drug-likeness (QED) is 0.780. The number of anilines is 2. The zero-order valence-corrected chi connectivity index (χ0v) is 9.21. The van der Waals surface area contributed by atoms with E-state index in [4.69, 9.17) is 10.5 Å². The van der Waals surface area contributed by atoms with Gasteiger partial charge in [-0.1, -0.05) is 0 Å². The number of nitrogen functional groups attached to an aromatic ring is 1. The Kier molecular flexibility index (Phi) is 4.36. The summed E-state index contributed by atoms with van der Waals surface area (Å²) in [6.07, 6.45) is -3.82. The lowest BCUT2D eigenvalue weighted by Gasteiger charge is -2.11. The first-order valence-electron chi connectivity index (χ1n) is 4.89. The molecule has 0 aromatic carbocycles. The summed E-state index contributed by atoms with van der Waals surface area (Å²) in [5.41, 5.74) is 5.51. The SMILES string of the molecule is COc1c(N)ncnc1NCCCC(F)(F)F. The molecule has 8 heteroatoms. The molecule has 1 rings (SSSR count). The number of aromatic nitrogens is 2. The van der Waals surface area contributed by atoms with Crippen LogP contribution in [0.5, 0.6) is 5.75 Å². The molecular formula is C9H13F3N4O. The van der Waals surface area contributed by atoms with Crippen LogP contribution in [0.25, 0.3) is 0 Å². The van der Waals surface area contributed by atoms with E-state index in [9.17, 15) is 13.2 Å². The summed E-state index contributed by atoms with van der Waals surface area (Å²) >= 11 is 0. The summed E-state index contributed by atoms with van der Waals surface area (Å²) in [5.74, 6) is 0.669. The van der Waals surface area contributed by atoms with Gasteiger partial charge in [0.2, 0.25) is 5.75 Å². The van der Waals surface area contributed by atoms with E-state index in [1.165, 1.54) is 13.4 Å². The molecule has 5 nitrogen and oxygen atoms in total. The average Bonchev–Trinajstić information content (AvgIpc) is 2.23. The molecule has 17 heavy (non-hydrogen) atoms. The number of alkyl halides is 3. The fourth-order valence-electron chi connectivity index (χ4n) is 1.21. The molecule has 0 aliphatic carbocycles. The van der Waals surface area contributed by atoms with Gasteiger partial charge in [-0.15, -0.1) is 0 Å². The number of rotatable bonds is 5. The maximum atomic E-state index is 11.9. The van der Waals surface area contributed by atoms with Crippen molar-refractivity contribution in [1.29, 1.82) is 0 Å². The molecule has 3 N–H and O–H groups in total. The summed E-state index contributed by atoms with van der Waals surface area (Å²) in [6, 6.07) is 0. The van der Waals surface area contributed by atoms with Gasteiger partial charge >= 0.3 is 6.18 Å². The molecular weight excluding hydrogens is 237 g/mol. The standard InChI is InChI=1S/C9H13F3N4O/c1-17-6-7(13)15-5-16-8(6)14-4-2-3-9(10,11)12/h5H,2-4H2,1H3,(H3,13,14,15,16). The van der Waals surface area contributed by atoms with E-state index in [1.54, 1.807) is 0 Å². The molecule has 0 aliphatic rings. The van der Waals surface area contributed by atoms with Crippen molar-refractivity contribution >= 4 is 11.6 Å². The van der Waals surface area contributed by atoms with Crippen LogP contribution in [0.3, 0.4) is 0 Å². The van der Waals surface area contributed by atoms with E-state index in [2.05, 4.69) is 15.3 Å². The van der Waals surface area contributed by atoms with E-state index >= 15 is 0 Å². The van der Waals surface area contributed by atoms with Crippen molar-refractivity contribution in [2.75, 3.05) is 24.7 Å². The first-order valence-corrected chi connectivity index (χ1v) is 4.89. The predicted octanol–water partition coefficient (Wildman–Crippen LogP) is 1.82. The number of nitrogens with two attached hydrogens (primary N) is 1. The Hall–Kier alpha value is -1.73. The number of nitrogens with one attached hydrogen (secondary N) is 1. The summed E-state index contributed by atoms with van der Waals surface area (Å²) < 4.78 is 40.6. The smallest absolute Gasteiger partial charge is 0.389 e. The van der Waals surface area contributed by atoms with Crippen molar-refractivity contribution in [2.45, 2.75) is 19.0 Å². The van der Waals surface area contributed by atoms with Crippen LogP contribution in [0.4, 0.5) is 24.8 Å². The van der Waals surface area contributed by atoms with Gasteiger partial charge in [0.15, 0.2) is 11.6 Å². The first kappa shape index (κ1) is 13.3.